The molecule has 16 heavy (non-hydrogen) atoms. The summed E-state index contributed by atoms with van der Waals surface area (Å²) >= 11 is 5.21. The van der Waals surface area contributed by atoms with Gasteiger partial charge in [0.05, 0.1) is 3.79 Å². The Morgan fingerprint density at radius 3 is 2.88 bits per heavy atom. The predicted octanol–water partition coefficient (Wildman–Crippen LogP) is 2.70. The fourth-order valence-corrected chi connectivity index (χ4v) is 2.98. The van der Waals surface area contributed by atoms with Crippen molar-refractivity contribution in [2.24, 2.45) is 5.84 Å². The zero-order chi connectivity index (χ0) is 11.8. The van der Waals surface area contributed by atoms with Gasteiger partial charge in [-0.05, 0) is 47.3 Å². The number of hydrogen-bond acceptors (Lipinski definition) is 4. The molecule has 1 rings (SSSR count). The second kappa shape index (κ2) is 8.20. The lowest BCUT2D eigenvalue weighted by Gasteiger charge is -2.14. The maximum atomic E-state index is 5.53. The summed E-state index contributed by atoms with van der Waals surface area (Å²) in [5, 5.41) is 0. The van der Waals surface area contributed by atoms with Crippen molar-refractivity contribution in [1.29, 1.82) is 0 Å². The fraction of sp³-hybridized carbons (Fsp3) is 0.636. The first kappa shape index (κ1) is 14.1. The topological polar surface area (TPSA) is 47.3 Å². The third-order valence-electron chi connectivity index (χ3n) is 2.27. The lowest BCUT2D eigenvalue weighted by Crippen LogP contribution is -2.37. The molecule has 3 N–H and O–H groups in total. The third kappa shape index (κ3) is 5.41. The molecule has 1 atom stereocenters. The summed E-state index contributed by atoms with van der Waals surface area (Å²) in [6.07, 6.45) is 2.98. The number of ether oxygens (including phenoxy) is 1. The van der Waals surface area contributed by atoms with Crippen molar-refractivity contribution < 1.29 is 4.74 Å². The molecule has 0 spiro atoms. The molecule has 0 aliphatic carbocycles. The highest BCUT2D eigenvalue weighted by Crippen LogP contribution is 2.23. The largest absolute Gasteiger partial charge is 0.381 e. The Hall–Kier alpha value is 0.0600. The highest BCUT2D eigenvalue weighted by atomic mass is 79.9. The molecule has 0 saturated carbocycles. The monoisotopic (exact) mass is 306 g/mol. The fourth-order valence-electron chi connectivity index (χ4n) is 1.42. The minimum Gasteiger partial charge on any atom is -0.381 e. The van der Waals surface area contributed by atoms with Crippen LogP contribution in [0.2, 0.25) is 0 Å². The average molecular weight is 307 g/mol. The molecule has 1 heterocycles. The van der Waals surface area contributed by atoms with E-state index >= 15 is 0 Å². The van der Waals surface area contributed by atoms with Gasteiger partial charge in [-0.3, -0.25) is 11.3 Å². The third-order valence-corrected chi connectivity index (χ3v) is 3.92. The van der Waals surface area contributed by atoms with Gasteiger partial charge < -0.3 is 4.74 Å². The van der Waals surface area contributed by atoms with Crippen LogP contribution in [0, 0.1) is 0 Å². The average Bonchev–Trinajstić information content (AvgIpc) is 2.68. The van der Waals surface area contributed by atoms with Crippen LogP contribution in [0.25, 0.3) is 0 Å². The summed E-state index contributed by atoms with van der Waals surface area (Å²) in [5.74, 6) is 5.53. The van der Waals surface area contributed by atoms with E-state index in [0.29, 0.717) is 6.04 Å². The number of hydrogen-bond donors (Lipinski definition) is 2. The zero-order valence-corrected chi connectivity index (χ0v) is 11.9. The van der Waals surface area contributed by atoms with Crippen LogP contribution in [0.15, 0.2) is 15.9 Å². The smallest absolute Gasteiger partial charge is 0.0701 e. The van der Waals surface area contributed by atoms with E-state index in [1.54, 1.807) is 11.3 Å². The van der Waals surface area contributed by atoms with Gasteiger partial charge in [-0.15, -0.1) is 11.3 Å². The Kier molecular flexibility index (Phi) is 7.23. The molecule has 0 aliphatic heterocycles. The van der Waals surface area contributed by atoms with Gasteiger partial charge in [0.15, 0.2) is 0 Å². The molecule has 3 nitrogen and oxygen atoms in total. The summed E-state index contributed by atoms with van der Waals surface area (Å²) in [6, 6.07) is 4.50. The van der Waals surface area contributed by atoms with E-state index in [4.69, 9.17) is 10.6 Å². The van der Waals surface area contributed by atoms with Crippen LogP contribution in [0.5, 0.6) is 0 Å². The van der Waals surface area contributed by atoms with Crippen LogP contribution < -0.4 is 11.3 Å². The molecule has 1 aromatic heterocycles. The van der Waals surface area contributed by atoms with Gasteiger partial charge in [0.2, 0.25) is 0 Å². The van der Waals surface area contributed by atoms with E-state index in [-0.39, 0.29) is 0 Å². The molecule has 0 amide bonds. The van der Waals surface area contributed by atoms with E-state index in [9.17, 15) is 0 Å². The first-order valence-electron chi connectivity index (χ1n) is 5.54. The molecule has 0 aliphatic rings. The molecule has 1 unspecified atom stereocenters. The summed E-state index contributed by atoms with van der Waals surface area (Å²) in [7, 11) is 0. The Balaban J connectivity index is 2.26. The molecular weight excluding hydrogens is 288 g/mol. The van der Waals surface area contributed by atoms with Crippen molar-refractivity contribution in [3.63, 3.8) is 0 Å². The number of nitrogens with one attached hydrogen (secondary N) is 1. The Bertz CT molecular complexity index is 293. The number of rotatable bonds is 8. The first-order valence-corrected chi connectivity index (χ1v) is 7.15. The standard InChI is InChI=1S/C11H19BrN2OS/c1-2-6-15-7-5-9(14-13)8-10-3-4-11(12)16-10/h3-4,9,14H,2,5-8,13H2,1H3. The van der Waals surface area contributed by atoms with Crippen LogP contribution in [0.4, 0.5) is 0 Å². The summed E-state index contributed by atoms with van der Waals surface area (Å²) in [6.45, 7) is 3.72. The van der Waals surface area contributed by atoms with Gasteiger partial charge in [0, 0.05) is 24.1 Å². The second-order valence-corrected chi connectivity index (χ2v) is 6.22. The van der Waals surface area contributed by atoms with Gasteiger partial charge >= 0.3 is 0 Å². The van der Waals surface area contributed by atoms with Gasteiger partial charge in [-0.2, -0.15) is 0 Å². The minimum absolute atomic E-state index is 0.294. The maximum Gasteiger partial charge on any atom is 0.0701 e. The highest BCUT2D eigenvalue weighted by molar-refractivity contribution is 9.11. The highest BCUT2D eigenvalue weighted by Gasteiger charge is 2.09. The molecule has 0 bridgehead atoms. The van der Waals surface area contributed by atoms with Crippen molar-refractivity contribution in [3.05, 3.63) is 20.8 Å². The normalized spacial score (nSPS) is 12.9. The Morgan fingerprint density at radius 1 is 1.50 bits per heavy atom. The van der Waals surface area contributed by atoms with Crippen LogP contribution in [-0.4, -0.2) is 19.3 Å². The molecule has 0 aromatic carbocycles. The van der Waals surface area contributed by atoms with Crippen molar-refractivity contribution in [1.82, 2.24) is 5.43 Å². The summed E-state index contributed by atoms with van der Waals surface area (Å²) in [5.41, 5.74) is 2.85. The van der Waals surface area contributed by atoms with Crippen molar-refractivity contribution in [2.45, 2.75) is 32.2 Å². The SMILES string of the molecule is CCCOCCC(Cc1ccc(Br)s1)NN. The van der Waals surface area contributed by atoms with E-state index in [2.05, 4.69) is 40.4 Å². The number of hydrazine groups is 1. The van der Waals surface area contributed by atoms with Gasteiger partial charge in [0.25, 0.3) is 0 Å². The summed E-state index contributed by atoms with van der Waals surface area (Å²) in [4.78, 5) is 1.34. The number of halogens is 1. The van der Waals surface area contributed by atoms with E-state index < -0.39 is 0 Å². The maximum absolute atomic E-state index is 5.53. The van der Waals surface area contributed by atoms with E-state index in [0.717, 1.165) is 32.5 Å². The zero-order valence-electron chi connectivity index (χ0n) is 9.54. The van der Waals surface area contributed by atoms with E-state index in [1.807, 2.05) is 0 Å². The molecule has 92 valence electrons. The summed E-state index contributed by atoms with van der Waals surface area (Å²) < 4.78 is 6.62. The molecule has 0 saturated heterocycles. The second-order valence-electron chi connectivity index (χ2n) is 3.67. The van der Waals surface area contributed by atoms with Gasteiger partial charge in [0.1, 0.15) is 0 Å². The quantitative estimate of drug-likeness (QED) is 0.441. The minimum atomic E-state index is 0.294. The number of thiophene rings is 1. The Morgan fingerprint density at radius 2 is 2.31 bits per heavy atom. The Labute approximate surface area is 109 Å². The van der Waals surface area contributed by atoms with Crippen LogP contribution in [0.1, 0.15) is 24.6 Å². The van der Waals surface area contributed by atoms with E-state index in [1.165, 1.54) is 8.66 Å². The first-order chi connectivity index (χ1) is 7.76. The predicted molar refractivity (Wildman–Crippen MR) is 72.6 cm³/mol. The van der Waals surface area contributed by atoms with Gasteiger partial charge in [-0.25, -0.2) is 0 Å². The lowest BCUT2D eigenvalue weighted by atomic mass is 10.1. The van der Waals surface area contributed by atoms with Crippen LogP contribution in [-0.2, 0) is 11.2 Å². The van der Waals surface area contributed by atoms with Gasteiger partial charge in [-0.1, -0.05) is 6.92 Å². The van der Waals surface area contributed by atoms with Crippen molar-refractivity contribution in [2.75, 3.05) is 13.2 Å². The van der Waals surface area contributed by atoms with Crippen molar-refractivity contribution in [3.8, 4) is 0 Å². The molecule has 5 heteroatoms. The molecule has 0 fully saturated rings. The van der Waals surface area contributed by atoms with Crippen molar-refractivity contribution >= 4 is 27.3 Å². The van der Waals surface area contributed by atoms with Crippen LogP contribution in [0.3, 0.4) is 0 Å². The molecular formula is C11H19BrN2OS. The molecule has 0 radical (unpaired) electrons. The van der Waals surface area contributed by atoms with Crippen LogP contribution >= 0.6 is 27.3 Å². The number of nitrogens with two attached hydrogens (primary N) is 1. The molecule has 1 aromatic rings. The lowest BCUT2D eigenvalue weighted by molar-refractivity contribution is 0.124.